The smallest absolute Gasteiger partial charge is 0.252 e. The maximum Gasteiger partial charge on any atom is 0.252 e. The van der Waals surface area contributed by atoms with Crippen LogP contribution < -0.4 is 5.32 Å². The van der Waals surface area contributed by atoms with Crippen molar-refractivity contribution in [1.29, 1.82) is 0 Å². The van der Waals surface area contributed by atoms with E-state index in [1.54, 1.807) is 6.07 Å². The number of carbonyl (C=O) groups is 1. The van der Waals surface area contributed by atoms with Crippen LogP contribution in [0.2, 0.25) is 0 Å². The van der Waals surface area contributed by atoms with Crippen molar-refractivity contribution in [3.8, 4) is 0 Å². The van der Waals surface area contributed by atoms with E-state index in [9.17, 15) is 9.18 Å². The predicted molar refractivity (Wildman–Crippen MR) is 73.2 cm³/mol. The average Bonchev–Trinajstić information content (AvgIpc) is 2.80. The molecule has 4 atom stereocenters. The molecule has 3 aliphatic rings. The van der Waals surface area contributed by atoms with Crippen LogP contribution in [0.4, 0.5) is 4.39 Å². The number of rotatable bonds is 2. The maximum atomic E-state index is 13.2. The lowest BCUT2D eigenvalue weighted by Gasteiger charge is -2.11. The van der Waals surface area contributed by atoms with E-state index < -0.39 is 0 Å². The van der Waals surface area contributed by atoms with Crippen molar-refractivity contribution in [2.75, 3.05) is 0 Å². The van der Waals surface area contributed by atoms with Gasteiger partial charge in [0, 0.05) is 10.5 Å². The standard InChI is InChI=1S/C15H15BrFNO/c16-11-4-3-9(17)6-10(11)15(19)18-14-12-7-1-2-8(5-7)13(12)14/h3-4,6-8,12-14H,1-2,5H2,(H,18,19). The Morgan fingerprint density at radius 2 is 1.95 bits per heavy atom. The molecule has 19 heavy (non-hydrogen) atoms. The summed E-state index contributed by atoms with van der Waals surface area (Å²) in [5.74, 6) is 2.55. The molecule has 2 bridgehead atoms. The molecule has 100 valence electrons. The second kappa shape index (κ2) is 4.05. The van der Waals surface area contributed by atoms with E-state index in [1.165, 1.54) is 31.4 Å². The van der Waals surface area contributed by atoms with Gasteiger partial charge in [-0.1, -0.05) is 0 Å². The highest BCUT2D eigenvalue weighted by molar-refractivity contribution is 9.10. The molecular formula is C15H15BrFNO. The van der Waals surface area contributed by atoms with Gasteiger partial charge in [-0.2, -0.15) is 0 Å². The number of nitrogens with one attached hydrogen (secondary N) is 1. The first-order chi connectivity index (χ1) is 9.15. The van der Waals surface area contributed by atoms with Crippen LogP contribution in [0.3, 0.4) is 0 Å². The van der Waals surface area contributed by atoms with Gasteiger partial charge in [0.15, 0.2) is 0 Å². The van der Waals surface area contributed by atoms with Gasteiger partial charge in [0.25, 0.3) is 5.91 Å². The first-order valence-corrected chi connectivity index (χ1v) is 7.70. The van der Waals surface area contributed by atoms with Gasteiger partial charge in [-0.3, -0.25) is 4.79 Å². The van der Waals surface area contributed by atoms with Crippen LogP contribution >= 0.6 is 15.9 Å². The van der Waals surface area contributed by atoms with Gasteiger partial charge < -0.3 is 5.32 Å². The summed E-state index contributed by atoms with van der Waals surface area (Å²) in [6, 6.07) is 4.58. The van der Waals surface area contributed by atoms with E-state index in [-0.39, 0.29) is 11.7 Å². The summed E-state index contributed by atoms with van der Waals surface area (Å²) in [6.07, 6.45) is 4.04. The molecule has 2 nitrogen and oxygen atoms in total. The van der Waals surface area contributed by atoms with Gasteiger partial charge in [0.2, 0.25) is 0 Å². The van der Waals surface area contributed by atoms with Crippen molar-refractivity contribution in [2.45, 2.75) is 25.3 Å². The summed E-state index contributed by atoms with van der Waals surface area (Å²) in [5.41, 5.74) is 0.400. The van der Waals surface area contributed by atoms with Crippen LogP contribution in [0.5, 0.6) is 0 Å². The fourth-order valence-electron chi connectivity index (χ4n) is 4.42. The molecular weight excluding hydrogens is 309 g/mol. The van der Waals surface area contributed by atoms with Gasteiger partial charge in [0.1, 0.15) is 5.82 Å². The molecule has 1 aromatic rings. The Morgan fingerprint density at radius 3 is 2.63 bits per heavy atom. The molecule has 0 heterocycles. The molecule has 3 fully saturated rings. The van der Waals surface area contributed by atoms with Crippen molar-refractivity contribution < 1.29 is 9.18 Å². The Bertz CT molecular complexity index is 545. The Labute approximate surface area is 119 Å². The van der Waals surface area contributed by atoms with E-state index in [1.807, 2.05) is 0 Å². The van der Waals surface area contributed by atoms with Crippen LogP contribution in [-0.2, 0) is 0 Å². The number of hydrogen-bond donors (Lipinski definition) is 1. The molecule has 0 aromatic heterocycles. The van der Waals surface area contributed by atoms with E-state index in [0.717, 1.165) is 11.8 Å². The monoisotopic (exact) mass is 323 g/mol. The number of amides is 1. The zero-order chi connectivity index (χ0) is 13.1. The molecule has 0 saturated heterocycles. The quantitative estimate of drug-likeness (QED) is 0.888. The van der Waals surface area contributed by atoms with Crippen molar-refractivity contribution in [1.82, 2.24) is 5.32 Å². The van der Waals surface area contributed by atoms with Crippen LogP contribution in [-0.4, -0.2) is 11.9 Å². The first-order valence-electron chi connectivity index (χ1n) is 6.91. The minimum Gasteiger partial charge on any atom is -0.349 e. The molecule has 3 aliphatic carbocycles. The minimum atomic E-state index is -0.371. The lowest BCUT2D eigenvalue weighted by molar-refractivity contribution is 0.0943. The number of halogens is 2. The lowest BCUT2D eigenvalue weighted by atomic mass is 10.0. The zero-order valence-electron chi connectivity index (χ0n) is 10.4. The molecule has 0 spiro atoms. The zero-order valence-corrected chi connectivity index (χ0v) is 12.0. The van der Waals surface area contributed by atoms with E-state index in [4.69, 9.17) is 0 Å². The number of benzene rings is 1. The van der Waals surface area contributed by atoms with Gasteiger partial charge in [-0.15, -0.1) is 0 Å². The Kier molecular flexibility index (Phi) is 2.53. The lowest BCUT2D eigenvalue weighted by Crippen LogP contribution is -2.30. The second-order valence-corrected chi connectivity index (χ2v) is 6.97. The van der Waals surface area contributed by atoms with E-state index in [0.29, 0.717) is 27.9 Å². The minimum absolute atomic E-state index is 0.148. The van der Waals surface area contributed by atoms with Crippen LogP contribution in [0.1, 0.15) is 29.6 Å². The number of carbonyl (C=O) groups excluding carboxylic acids is 1. The molecule has 4 unspecified atom stereocenters. The van der Waals surface area contributed by atoms with E-state index in [2.05, 4.69) is 21.2 Å². The van der Waals surface area contributed by atoms with Crippen LogP contribution in [0.25, 0.3) is 0 Å². The summed E-state index contributed by atoms with van der Waals surface area (Å²) in [4.78, 5) is 12.2. The first kappa shape index (κ1) is 11.9. The van der Waals surface area contributed by atoms with Crippen molar-refractivity contribution in [3.05, 3.63) is 34.1 Å². The fourth-order valence-corrected chi connectivity index (χ4v) is 4.85. The molecule has 0 aliphatic heterocycles. The highest BCUT2D eigenvalue weighted by Gasteiger charge is 2.65. The normalized spacial score (nSPS) is 38.1. The summed E-state index contributed by atoms with van der Waals surface area (Å²) in [6.45, 7) is 0. The van der Waals surface area contributed by atoms with Gasteiger partial charge >= 0.3 is 0 Å². The van der Waals surface area contributed by atoms with Crippen LogP contribution in [0, 0.1) is 29.5 Å². The van der Waals surface area contributed by atoms with E-state index >= 15 is 0 Å². The Morgan fingerprint density at radius 1 is 1.26 bits per heavy atom. The molecule has 3 saturated carbocycles. The SMILES string of the molecule is O=C(NC1C2C3CCC(C3)C12)c1cc(F)ccc1Br. The average molecular weight is 324 g/mol. The molecule has 1 N–H and O–H groups in total. The topological polar surface area (TPSA) is 29.1 Å². The number of hydrogen-bond acceptors (Lipinski definition) is 1. The molecule has 0 radical (unpaired) electrons. The second-order valence-electron chi connectivity index (χ2n) is 6.11. The predicted octanol–water partition coefficient (Wildman–Crippen LogP) is 3.36. The third kappa shape index (κ3) is 1.76. The van der Waals surface area contributed by atoms with Crippen molar-refractivity contribution >= 4 is 21.8 Å². The van der Waals surface area contributed by atoms with Gasteiger partial charge in [-0.05, 0) is 77.1 Å². The summed E-state index contributed by atoms with van der Waals surface area (Å²) in [7, 11) is 0. The van der Waals surface area contributed by atoms with Crippen molar-refractivity contribution in [2.24, 2.45) is 23.7 Å². The number of fused-ring (bicyclic) bond motifs is 5. The third-order valence-electron chi connectivity index (χ3n) is 5.21. The maximum absolute atomic E-state index is 13.2. The summed E-state index contributed by atoms with van der Waals surface area (Å²) < 4.78 is 13.9. The third-order valence-corrected chi connectivity index (χ3v) is 5.90. The molecule has 1 aromatic carbocycles. The van der Waals surface area contributed by atoms with Gasteiger partial charge in [-0.25, -0.2) is 4.39 Å². The highest BCUT2D eigenvalue weighted by Crippen LogP contribution is 2.65. The highest BCUT2D eigenvalue weighted by atomic mass is 79.9. The largest absolute Gasteiger partial charge is 0.349 e. The Hall–Kier alpha value is -0.900. The molecule has 4 rings (SSSR count). The van der Waals surface area contributed by atoms with Gasteiger partial charge in [0.05, 0.1) is 5.56 Å². The fraction of sp³-hybridized carbons (Fsp3) is 0.533. The summed E-state index contributed by atoms with van der Waals surface area (Å²) >= 11 is 3.31. The van der Waals surface area contributed by atoms with Crippen LogP contribution in [0.15, 0.2) is 22.7 Å². The molecule has 4 heteroatoms. The molecule has 1 amide bonds. The Balaban J connectivity index is 1.50. The van der Waals surface area contributed by atoms with Crippen molar-refractivity contribution in [3.63, 3.8) is 0 Å². The summed E-state index contributed by atoms with van der Waals surface area (Å²) in [5, 5.41) is 3.11.